The third-order valence-electron chi connectivity index (χ3n) is 3.97. The molecular formula is C19H26N2O3S. The number of hydrogen-bond donors (Lipinski definition) is 1. The molecule has 5 nitrogen and oxygen atoms in total. The van der Waals surface area contributed by atoms with Crippen molar-refractivity contribution in [2.75, 3.05) is 26.8 Å². The Morgan fingerprint density at radius 2 is 1.68 bits per heavy atom. The molecule has 0 saturated heterocycles. The highest BCUT2D eigenvalue weighted by molar-refractivity contribution is 7.89. The van der Waals surface area contributed by atoms with E-state index in [1.165, 1.54) is 4.31 Å². The van der Waals surface area contributed by atoms with E-state index in [-0.39, 0.29) is 0 Å². The summed E-state index contributed by atoms with van der Waals surface area (Å²) in [7, 11) is -1.91. The van der Waals surface area contributed by atoms with Crippen LogP contribution in [0.25, 0.3) is 0 Å². The van der Waals surface area contributed by atoms with E-state index in [1.54, 1.807) is 19.2 Å². The van der Waals surface area contributed by atoms with Crippen LogP contribution in [0.15, 0.2) is 59.5 Å². The number of rotatable bonds is 10. The van der Waals surface area contributed by atoms with Crippen molar-refractivity contribution in [3.05, 3.63) is 65.7 Å². The molecule has 0 heterocycles. The van der Waals surface area contributed by atoms with Gasteiger partial charge >= 0.3 is 0 Å². The lowest BCUT2D eigenvalue weighted by Gasteiger charge is -2.22. The number of sulfonamides is 1. The lowest BCUT2D eigenvalue weighted by molar-refractivity contribution is 0.202. The zero-order chi connectivity index (χ0) is 18.1. The first-order chi connectivity index (χ1) is 12.1. The maximum Gasteiger partial charge on any atom is 0.243 e. The van der Waals surface area contributed by atoms with Gasteiger partial charge in [0.25, 0.3) is 0 Å². The Labute approximate surface area is 150 Å². The summed E-state index contributed by atoms with van der Waals surface area (Å²) in [6.45, 7) is 1.81. The van der Waals surface area contributed by atoms with E-state index in [4.69, 9.17) is 10.5 Å². The van der Waals surface area contributed by atoms with Crippen LogP contribution in [0.5, 0.6) is 0 Å². The summed E-state index contributed by atoms with van der Waals surface area (Å²) in [6.07, 6.45) is 1.38. The van der Waals surface area contributed by atoms with E-state index in [1.807, 2.05) is 42.5 Å². The van der Waals surface area contributed by atoms with Crippen LogP contribution in [-0.4, -0.2) is 39.5 Å². The molecule has 0 unspecified atom stereocenters. The highest BCUT2D eigenvalue weighted by atomic mass is 32.2. The van der Waals surface area contributed by atoms with Crippen LogP contribution >= 0.6 is 0 Å². The number of nitrogens with zero attached hydrogens (tertiary/aromatic N) is 1. The van der Waals surface area contributed by atoms with Crippen molar-refractivity contribution >= 4 is 10.0 Å². The zero-order valence-electron chi connectivity index (χ0n) is 14.6. The largest absolute Gasteiger partial charge is 0.384 e. The van der Waals surface area contributed by atoms with Crippen LogP contribution in [0.1, 0.15) is 17.5 Å². The predicted molar refractivity (Wildman–Crippen MR) is 99.7 cm³/mol. The van der Waals surface area contributed by atoms with Crippen molar-refractivity contribution in [2.24, 2.45) is 5.73 Å². The minimum absolute atomic E-state index is 0.307. The van der Waals surface area contributed by atoms with E-state index < -0.39 is 10.0 Å². The van der Waals surface area contributed by atoms with Crippen molar-refractivity contribution in [3.8, 4) is 0 Å². The van der Waals surface area contributed by atoms with Gasteiger partial charge in [0.1, 0.15) is 0 Å². The molecule has 0 spiro atoms. The first-order valence-corrected chi connectivity index (χ1v) is 9.84. The van der Waals surface area contributed by atoms with Gasteiger partial charge in [0.05, 0.1) is 11.5 Å². The van der Waals surface area contributed by atoms with Gasteiger partial charge in [-0.1, -0.05) is 42.5 Å². The molecule has 6 heteroatoms. The molecule has 136 valence electrons. The molecule has 0 aromatic heterocycles. The van der Waals surface area contributed by atoms with Gasteiger partial charge in [0, 0.05) is 20.2 Å². The van der Waals surface area contributed by atoms with Crippen molar-refractivity contribution in [1.29, 1.82) is 0 Å². The highest BCUT2D eigenvalue weighted by Crippen LogP contribution is 2.19. The maximum absolute atomic E-state index is 13.0. The Morgan fingerprint density at radius 3 is 2.28 bits per heavy atom. The Bertz CT molecular complexity index is 731. The molecule has 2 aromatic rings. The molecule has 0 fully saturated rings. The van der Waals surface area contributed by atoms with E-state index in [2.05, 4.69) is 0 Å². The van der Waals surface area contributed by atoms with Gasteiger partial charge in [0.15, 0.2) is 0 Å². The van der Waals surface area contributed by atoms with Crippen molar-refractivity contribution in [1.82, 2.24) is 4.31 Å². The average Bonchev–Trinajstić information content (AvgIpc) is 2.64. The summed E-state index contributed by atoms with van der Waals surface area (Å²) in [5.74, 6) is 0. The average molecular weight is 362 g/mol. The fraction of sp³-hybridized carbons (Fsp3) is 0.368. The number of hydrogen-bond acceptors (Lipinski definition) is 4. The molecular weight excluding hydrogens is 336 g/mol. The number of benzene rings is 2. The fourth-order valence-corrected chi connectivity index (χ4v) is 4.00. The van der Waals surface area contributed by atoms with E-state index in [0.29, 0.717) is 37.6 Å². The molecule has 0 aliphatic carbocycles. The first-order valence-electron chi connectivity index (χ1n) is 8.40. The Kier molecular flexibility index (Phi) is 7.58. The van der Waals surface area contributed by atoms with Crippen LogP contribution in [0.4, 0.5) is 0 Å². The molecule has 2 N–H and O–H groups in total. The summed E-state index contributed by atoms with van der Waals surface area (Å²) in [5, 5.41) is 0. The predicted octanol–water partition coefficient (Wildman–Crippen LogP) is 2.42. The van der Waals surface area contributed by atoms with Crippen LogP contribution in [-0.2, 0) is 27.7 Å². The van der Waals surface area contributed by atoms with Gasteiger partial charge in [-0.2, -0.15) is 4.31 Å². The summed E-state index contributed by atoms with van der Waals surface area (Å²) in [6, 6.07) is 16.6. The standard InChI is InChI=1S/C19H26N2O3S/c1-24-15-12-17-8-10-19(11-9-17)25(22,23)21(14-5-13-20)16-18-6-3-2-4-7-18/h2-4,6-11H,5,12-16,20H2,1H3. The Morgan fingerprint density at radius 1 is 1.00 bits per heavy atom. The summed E-state index contributed by atoms with van der Waals surface area (Å²) in [5.41, 5.74) is 7.60. The molecule has 0 amide bonds. The van der Waals surface area contributed by atoms with Crippen LogP contribution < -0.4 is 5.73 Å². The first kappa shape index (κ1) is 19.6. The lowest BCUT2D eigenvalue weighted by atomic mass is 10.2. The van der Waals surface area contributed by atoms with Crippen LogP contribution in [0.2, 0.25) is 0 Å². The highest BCUT2D eigenvalue weighted by Gasteiger charge is 2.24. The quantitative estimate of drug-likeness (QED) is 0.704. The second-order valence-electron chi connectivity index (χ2n) is 5.85. The van der Waals surface area contributed by atoms with Gasteiger partial charge in [-0.05, 0) is 42.6 Å². The molecule has 0 aliphatic heterocycles. The molecule has 0 saturated carbocycles. The summed E-state index contributed by atoms with van der Waals surface area (Å²) < 4.78 is 32.6. The van der Waals surface area contributed by atoms with Crippen LogP contribution in [0.3, 0.4) is 0 Å². The number of methoxy groups -OCH3 is 1. The molecule has 2 rings (SSSR count). The lowest BCUT2D eigenvalue weighted by Crippen LogP contribution is -2.32. The van der Waals surface area contributed by atoms with Gasteiger partial charge < -0.3 is 10.5 Å². The maximum atomic E-state index is 13.0. The van der Waals surface area contributed by atoms with Gasteiger partial charge in [-0.3, -0.25) is 0 Å². The smallest absolute Gasteiger partial charge is 0.243 e. The van der Waals surface area contributed by atoms with E-state index in [9.17, 15) is 8.42 Å². The monoisotopic (exact) mass is 362 g/mol. The van der Waals surface area contributed by atoms with Crippen LogP contribution in [0, 0.1) is 0 Å². The third kappa shape index (κ3) is 5.64. The van der Waals surface area contributed by atoms with E-state index >= 15 is 0 Å². The summed E-state index contributed by atoms with van der Waals surface area (Å²) in [4.78, 5) is 0.307. The molecule has 0 bridgehead atoms. The Hall–Kier alpha value is -1.73. The van der Waals surface area contributed by atoms with Crippen molar-refractivity contribution in [2.45, 2.75) is 24.3 Å². The molecule has 2 aromatic carbocycles. The van der Waals surface area contributed by atoms with Gasteiger partial charge in [-0.15, -0.1) is 0 Å². The van der Waals surface area contributed by atoms with Crippen molar-refractivity contribution < 1.29 is 13.2 Å². The zero-order valence-corrected chi connectivity index (χ0v) is 15.4. The normalized spacial score (nSPS) is 11.8. The minimum atomic E-state index is -3.56. The minimum Gasteiger partial charge on any atom is -0.384 e. The summed E-state index contributed by atoms with van der Waals surface area (Å²) >= 11 is 0. The molecule has 0 atom stereocenters. The topological polar surface area (TPSA) is 72.6 Å². The molecule has 0 radical (unpaired) electrons. The number of nitrogens with two attached hydrogens (primary N) is 1. The SMILES string of the molecule is COCCc1ccc(S(=O)(=O)N(CCCN)Cc2ccccc2)cc1. The number of ether oxygens (including phenoxy) is 1. The second-order valence-corrected chi connectivity index (χ2v) is 7.79. The third-order valence-corrected chi connectivity index (χ3v) is 5.83. The molecule has 0 aliphatic rings. The van der Waals surface area contributed by atoms with Gasteiger partial charge in [0.2, 0.25) is 10.0 Å². The molecule has 25 heavy (non-hydrogen) atoms. The Balaban J connectivity index is 2.21. The van der Waals surface area contributed by atoms with Gasteiger partial charge in [-0.25, -0.2) is 8.42 Å². The second kappa shape index (κ2) is 9.68. The van der Waals surface area contributed by atoms with E-state index in [0.717, 1.165) is 17.5 Å². The van der Waals surface area contributed by atoms with Crippen molar-refractivity contribution in [3.63, 3.8) is 0 Å². The fourth-order valence-electron chi connectivity index (χ4n) is 2.54.